The highest BCUT2D eigenvalue weighted by molar-refractivity contribution is 7.92. The predicted octanol–water partition coefficient (Wildman–Crippen LogP) is 2.08. The van der Waals surface area contributed by atoms with Crippen LogP contribution >= 0.6 is 0 Å². The minimum absolute atomic E-state index is 0.155. The van der Waals surface area contributed by atoms with E-state index in [2.05, 4.69) is 0 Å². The number of nitrogens with one attached hydrogen (secondary N) is 1. The molecule has 0 spiro atoms. The van der Waals surface area contributed by atoms with Gasteiger partial charge in [0, 0.05) is 19.0 Å². The molecule has 0 aliphatic heterocycles. The molecule has 0 aliphatic rings. The summed E-state index contributed by atoms with van der Waals surface area (Å²) in [4.78, 5) is 0. The van der Waals surface area contributed by atoms with Gasteiger partial charge in [0.05, 0.1) is 11.4 Å². The van der Waals surface area contributed by atoms with Gasteiger partial charge in [0.2, 0.25) is 10.0 Å². The first-order valence-electron chi connectivity index (χ1n) is 6.01. The number of halogens is 3. The fourth-order valence-corrected chi connectivity index (χ4v) is 2.83. The highest BCUT2D eigenvalue weighted by Gasteiger charge is 2.28. The molecular formula is C12H16F3N3O2S. The van der Waals surface area contributed by atoms with Crippen LogP contribution in [0, 0.1) is 5.41 Å². The van der Waals surface area contributed by atoms with E-state index in [4.69, 9.17) is 11.1 Å². The zero-order valence-corrected chi connectivity index (χ0v) is 12.1. The molecule has 0 saturated carbocycles. The van der Waals surface area contributed by atoms with Crippen LogP contribution in [0.1, 0.15) is 18.4 Å². The van der Waals surface area contributed by atoms with Crippen LogP contribution in [0.5, 0.6) is 0 Å². The average Bonchev–Trinajstić information content (AvgIpc) is 2.36. The van der Waals surface area contributed by atoms with Gasteiger partial charge in [0.15, 0.2) is 0 Å². The molecular weight excluding hydrogens is 307 g/mol. The van der Waals surface area contributed by atoms with Crippen LogP contribution in [0.2, 0.25) is 0 Å². The third-order valence-corrected chi connectivity index (χ3v) is 4.67. The minimum atomic E-state index is -4.36. The van der Waals surface area contributed by atoms with Crippen molar-refractivity contribution in [3.05, 3.63) is 29.8 Å². The van der Waals surface area contributed by atoms with Gasteiger partial charge in [-0.1, -0.05) is 0 Å². The fraction of sp³-hybridized carbons (Fsp3) is 0.417. The molecule has 0 radical (unpaired) electrons. The van der Waals surface area contributed by atoms with Crippen molar-refractivity contribution in [1.82, 2.24) is 0 Å². The molecule has 0 saturated heterocycles. The van der Waals surface area contributed by atoms with Crippen LogP contribution in [0.25, 0.3) is 0 Å². The number of hydrogen-bond donors (Lipinski definition) is 2. The number of nitrogens with zero attached hydrogens (tertiary/aromatic N) is 1. The van der Waals surface area contributed by atoms with Gasteiger partial charge in [-0.25, -0.2) is 8.42 Å². The zero-order valence-electron chi connectivity index (χ0n) is 11.3. The molecule has 1 aromatic rings. The van der Waals surface area contributed by atoms with E-state index in [9.17, 15) is 21.6 Å². The van der Waals surface area contributed by atoms with Crippen LogP contribution in [0.3, 0.4) is 0 Å². The number of hydrogen-bond acceptors (Lipinski definition) is 3. The van der Waals surface area contributed by atoms with Gasteiger partial charge in [-0.3, -0.25) is 9.71 Å². The smallest absolute Gasteiger partial charge is 0.384 e. The Labute approximate surface area is 121 Å². The summed E-state index contributed by atoms with van der Waals surface area (Å²) in [6.45, 7) is 0. The number of anilines is 1. The van der Waals surface area contributed by atoms with Crippen molar-refractivity contribution in [3.63, 3.8) is 0 Å². The van der Waals surface area contributed by atoms with E-state index >= 15 is 0 Å². The highest BCUT2D eigenvalue weighted by Crippen LogP contribution is 2.23. The third-order valence-electron chi connectivity index (χ3n) is 2.82. The summed E-state index contributed by atoms with van der Waals surface area (Å²) in [5.74, 6) is -0.741. The second-order valence-electron chi connectivity index (χ2n) is 4.46. The standard InChI is InChI=1S/C12H16F3N3O2S/c1-18(10-5-3-9(4-6-10)11(16)17)21(19,20)8-2-7-12(13,14)15/h3-6H,2,7-8H2,1H3,(H3,16,17). The van der Waals surface area contributed by atoms with Gasteiger partial charge in [0.25, 0.3) is 0 Å². The van der Waals surface area contributed by atoms with Crippen LogP contribution in [-0.4, -0.2) is 33.2 Å². The predicted molar refractivity (Wildman–Crippen MR) is 74.9 cm³/mol. The molecule has 0 atom stereocenters. The average molecular weight is 323 g/mol. The molecule has 0 aromatic heterocycles. The topological polar surface area (TPSA) is 87.2 Å². The first kappa shape index (κ1) is 17.3. The molecule has 3 N–H and O–H groups in total. The van der Waals surface area contributed by atoms with Gasteiger partial charge in [-0.05, 0) is 30.7 Å². The number of sulfonamides is 1. The third kappa shape index (κ3) is 5.25. The number of amidine groups is 1. The second kappa shape index (κ2) is 6.33. The summed E-state index contributed by atoms with van der Waals surface area (Å²) in [7, 11) is -2.55. The van der Waals surface area contributed by atoms with Crippen molar-refractivity contribution in [2.45, 2.75) is 19.0 Å². The van der Waals surface area contributed by atoms with Gasteiger partial charge in [-0.15, -0.1) is 0 Å². The molecule has 0 fully saturated rings. The lowest BCUT2D eigenvalue weighted by molar-refractivity contribution is -0.134. The largest absolute Gasteiger partial charge is 0.389 e. The molecule has 1 rings (SSSR count). The normalized spacial score (nSPS) is 12.2. The number of alkyl halides is 3. The number of benzene rings is 1. The second-order valence-corrected chi connectivity index (χ2v) is 6.58. The van der Waals surface area contributed by atoms with Crippen molar-refractivity contribution < 1.29 is 21.6 Å². The van der Waals surface area contributed by atoms with Crippen molar-refractivity contribution in [2.24, 2.45) is 5.73 Å². The monoisotopic (exact) mass is 323 g/mol. The van der Waals surface area contributed by atoms with Crippen LogP contribution in [0.4, 0.5) is 18.9 Å². The lowest BCUT2D eigenvalue weighted by Crippen LogP contribution is -2.29. The van der Waals surface area contributed by atoms with E-state index in [0.29, 0.717) is 11.3 Å². The van der Waals surface area contributed by atoms with E-state index in [-0.39, 0.29) is 5.84 Å². The van der Waals surface area contributed by atoms with Crippen LogP contribution in [-0.2, 0) is 10.0 Å². The van der Waals surface area contributed by atoms with Crippen molar-refractivity contribution in [3.8, 4) is 0 Å². The number of nitrogen functional groups attached to an aromatic ring is 1. The summed E-state index contributed by atoms with van der Waals surface area (Å²) in [6.07, 6.45) is -5.98. The van der Waals surface area contributed by atoms with E-state index in [0.717, 1.165) is 4.31 Å². The Bertz CT molecular complexity index is 597. The lowest BCUT2D eigenvalue weighted by Gasteiger charge is -2.20. The zero-order chi connectivity index (χ0) is 16.3. The Morgan fingerprint density at radius 2 is 1.81 bits per heavy atom. The molecule has 5 nitrogen and oxygen atoms in total. The summed E-state index contributed by atoms with van der Waals surface area (Å²) >= 11 is 0. The van der Waals surface area contributed by atoms with Crippen molar-refractivity contribution in [1.29, 1.82) is 5.41 Å². The molecule has 9 heteroatoms. The maximum Gasteiger partial charge on any atom is 0.389 e. The Morgan fingerprint density at radius 1 is 1.29 bits per heavy atom. The molecule has 0 bridgehead atoms. The molecule has 0 amide bonds. The summed E-state index contributed by atoms with van der Waals surface area (Å²) in [5, 5.41) is 7.22. The Kier molecular flexibility index (Phi) is 5.21. The quantitative estimate of drug-likeness (QED) is 0.620. The van der Waals surface area contributed by atoms with Gasteiger partial charge in [-0.2, -0.15) is 13.2 Å². The van der Waals surface area contributed by atoms with E-state index in [1.165, 1.54) is 31.3 Å². The lowest BCUT2D eigenvalue weighted by atomic mass is 10.2. The fourth-order valence-electron chi connectivity index (χ4n) is 1.60. The molecule has 0 aliphatic carbocycles. The van der Waals surface area contributed by atoms with Crippen LogP contribution < -0.4 is 10.0 Å². The van der Waals surface area contributed by atoms with E-state index < -0.39 is 34.8 Å². The Balaban J connectivity index is 2.76. The maximum atomic E-state index is 12.0. The molecule has 0 heterocycles. The SMILES string of the molecule is CN(c1ccc(C(=N)N)cc1)S(=O)(=O)CCCC(F)(F)F. The molecule has 0 unspecified atom stereocenters. The number of rotatable bonds is 6. The van der Waals surface area contributed by atoms with Gasteiger partial charge in [0.1, 0.15) is 5.84 Å². The number of nitrogens with two attached hydrogens (primary N) is 1. The summed E-state index contributed by atoms with van der Waals surface area (Å²) < 4.78 is 60.9. The Morgan fingerprint density at radius 3 is 2.24 bits per heavy atom. The molecule has 1 aromatic carbocycles. The van der Waals surface area contributed by atoms with Crippen molar-refractivity contribution >= 4 is 21.5 Å². The van der Waals surface area contributed by atoms with Crippen molar-refractivity contribution in [2.75, 3.05) is 17.1 Å². The Hall–Kier alpha value is -1.77. The summed E-state index contributed by atoms with van der Waals surface area (Å²) in [5.41, 5.74) is 6.01. The minimum Gasteiger partial charge on any atom is -0.384 e. The summed E-state index contributed by atoms with van der Waals surface area (Å²) in [6, 6.07) is 5.83. The molecule has 21 heavy (non-hydrogen) atoms. The first-order chi connectivity index (χ1) is 9.53. The van der Waals surface area contributed by atoms with Gasteiger partial charge >= 0.3 is 6.18 Å². The van der Waals surface area contributed by atoms with E-state index in [1.54, 1.807) is 0 Å². The first-order valence-corrected chi connectivity index (χ1v) is 7.62. The molecule has 118 valence electrons. The van der Waals surface area contributed by atoms with Gasteiger partial charge < -0.3 is 5.73 Å². The van der Waals surface area contributed by atoms with Crippen LogP contribution in [0.15, 0.2) is 24.3 Å². The maximum absolute atomic E-state index is 12.0. The van der Waals surface area contributed by atoms with E-state index in [1.807, 2.05) is 0 Å². The highest BCUT2D eigenvalue weighted by atomic mass is 32.2.